The Labute approximate surface area is 125 Å². The fourth-order valence-electron chi connectivity index (χ4n) is 2.04. The van der Waals surface area contributed by atoms with E-state index in [0.29, 0.717) is 0 Å². The first-order valence-corrected chi connectivity index (χ1v) is 7.22. The normalized spacial score (nSPS) is 12.6. The Hall–Kier alpha value is -1.02. The summed E-state index contributed by atoms with van der Waals surface area (Å²) in [4.78, 5) is 4.28. The van der Waals surface area contributed by atoms with Crippen molar-refractivity contribution in [1.82, 2.24) is 20.1 Å². The number of benzene rings is 1. The highest BCUT2D eigenvalue weighted by molar-refractivity contribution is 14.1. The van der Waals surface area contributed by atoms with Crippen molar-refractivity contribution < 1.29 is 4.39 Å². The molecular formula is C13H16FIN4. The molecule has 0 bridgehead atoms. The zero-order valence-electron chi connectivity index (χ0n) is 10.9. The van der Waals surface area contributed by atoms with Crippen LogP contribution in [0, 0.1) is 9.39 Å². The summed E-state index contributed by atoms with van der Waals surface area (Å²) in [5.74, 6) is 0.724. The quantitative estimate of drug-likeness (QED) is 0.819. The van der Waals surface area contributed by atoms with Crippen LogP contribution in [0.2, 0.25) is 0 Å². The second kappa shape index (κ2) is 6.42. The third kappa shape index (κ3) is 3.30. The molecule has 1 aromatic carbocycles. The molecule has 0 saturated carbocycles. The van der Waals surface area contributed by atoms with Gasteiger partial charge in [0.25, 0.3) is 0 Å². The van der Waals surface area contributed by atoms with Gasteiger partial charge in [0.05, 0.1) is 0 Å². The van der Waals surface area contributed by atoms with Gasteiger partial charge in [0, 0.05) is 22.6 Å². The van der Waals surface area contributed by atoms with E-state index in [0.717, 1.165) is 27.9 Å². The highest BCUT2D eigenvalue weighted by atomic mass is 127. The minimum atomic E-state index is -0.209. The average molecular weight is 374 g/mol. The van der Waals surface area contributed by atoms with Gasteiger partial charge in [0.1, 0.15) is 18.0 Å². The maximum Gasteiger partial charge on any atom is 0.138 e. The molecule has 0 aliphatic rings. The highest BCUT2D eigenvalue weighted by Crippen LogP contribution is 2.23. The number of hydrogen-bond donors (Lipinski definition) is 1. The van der Waals surface area contributed by atoms with Gasteiger partial charge in [-0.1, -0.05) is 6.07 Å². The zero-order chi connectivity index (χ0) is 13.8. The van der Waals surface area contributed by atoms with Crippen LogP contribution >= 0.6 is 22.6 Å². The number of nitrogens with one attached hydrogen (secondary N) is 1. The predicted molar refractivity (Wildman–Crippen MR) is 80.3 cm³/mol. The molecule has 4 nitrogen and oxygen atoms in total. The smallest absolute Gasteiger partial charge is 0.138 e. The molecule has 102 valence electrons. The van der Waals surface area contributed by atoms with Crippen LogP contribution in [0.15, 0.2) is 24.5 Å². The summed E-state index contributed by atoms with van der Waals surface area (Å²) < 4.78 is 16.0. The van der Waals surface area contributed by atoms with Gasteiger partial charge < -0.3 is 5.32 Å². The van der Waals surface area contributed by atoms with E-state index >= 15 is 0 Å². The third-order valence-corrected chi connectivity index (χ3v) is 4.00. The minimum absolute atomic E-state index is 0.0991. The number of halogens is 2. The van der Waals surface area contributed by atoms with Gasteiger partial charge in [-0.25, -0.2) is 9.37 Å². The van der Waals surface area contributed by atoms with Gasteiger partial charge in [-0.15, -0.1) is 0 Å². The van der Waals surface area contributed by atoms with Crippen LogP contribution in [0.5, 0.6) is 0 Å². The Balaban J connectivity index is 2.25. The lowest BCUT2D eigenvalue weighted by atomic mass is 10.0. The molecule has 1 N–H and O–H groups in total. The van der Waals surface area contributed by atoms with Crippen LogP contribution in [-0.2, 0) is 13.0 Å². The molecule has 6 heteroatoms. The van der Waals surface area contributed by atoms with Crippen LogP contribution in [0.3, 0.4) is 0 Å². The van der Waals surface area contributed by atoms with Gasteiger partial charge in [-0.3, -0.25) is 4.68 Å². The molecule has 0 fully saturated rings. The first-order chi connectivity index (χ1) is 9.15. The van der Waals surface area contributed by atoms with Crippen molar-refractivity contribution in [2.45, 2.75) is 25.9 Å². The number of rotatable bonds is 5. The molecular weight excluding hydrogens is 358 g/mol. The van der Waals surface area contributed by atoms with Crippen molar-refractivity contribution in [3.8, 4) is 0 Å². The summed E-state index contributed by atoms with van der Waals surface area (Å²) in [5.41, 5.74) is 1.08. The molecule has 0 radical (unpaired) electrons. The molecule has 0 aliphatic heterocycles. The van der Waals surface area contributed by atoms with Gasteiger partial charge in [0.2, 0.25) is 0 Å². The van der Waals surface area contributed by atoms with E-state index in [1.165, 1.54) is 6.07 Å². The summed E-state index contributed by atoms with van der Waals surface area (Å²) in [6, 6.07) is 4.96. The van der Waals surface area contributed by atoms with E-state index in [2.05, 4.69) is 38.0 Å². The van der Waals surface area contributed by atoms with E-state index < -0.39 is 0 Å². The van der Waals surface area contributed by atoms with E-state index in [1.807, 2.05) is 24.7 Å². The first-order valence-electron chi connectivity index (χ1n) is 6.14. The molecule has 2 aromatic rings. The molecule has 1 unspecified atom stereocenters. The summed E-state index contributed by atoms with van der Waals surface area (Å²) >= 11 is 2.16. The second-order valence-corrected chi connectivity index (χ2v) is 5.37. The molecule has 0 amide bonds. The maximum absolute atomic E-state index is 13.2. The Morgan fingerprint density at radius 3 is 2.89 bits per heavy atom. The van der Waals surface area contributed by atoms with Crippen LogP contribution in [0.1, 0.15) is 24.4 Å². The van der Waals surface area contributed by atoms with Gasteiger partial charge >= 0.3 is 0 Å². The second-order valence-electron chi connectivity index (χ2n) is 4.20. The first kappa shape index (κ1) is 14.4. The van der Waals surface area contributed by atoms with E-state index in [-0.39, 0.29) is 11.9 Å². The summed E-state index contributed by atoms with van der Waals surface area (Å²) in [5, 5.41) is 7.43. The van der Waals surface area contributed by atoms with Crippen molar-refractivity contribution in [3.63, 3.8) is 0 Å². The Morgan fingerprint density at radius 2 is 2.26 bits per heavy atom. The van der Waals surface area contributed by atoms with Gasteiger partial charge in [0.15, 0.2) is 0 Å². The van der Waals surface area contributed by atoms with Crippen LogP contribution < -0.4 is 5.32 Å². The Kier molecular flexibility index (Phi) is 4.87. The minimum Gasteiger partial charge on any atom is -0.313 e. The number of aryl methyl sites for hydroxylation is 1. The summed E-state index contributed by atoms with van der Waals surface area (Å²) in [6.45, 7) is 2.83. The largest absolute Gasteiger partial charge is 0.313 e. The van der Waals surface area contributed by atoms with Gasteiger partial charge in [-0.05, 0) is 54.3 Å². The molecule has 0 saturated heterocycles. The molecule has 0 spiro atoms. The molecule has 0 aliphatic carbocycles. The van der Waals surface area contributed by atoms with Gasteiger partial charge in [-0.2, -0.15) is 5.10 Å². The molecule has 1 atom stereocenters. The van der Waals surface area contributed by atoms with Crippen LogP contribution in [0.25, 0.3) is 0 Å². The molecule has 19 heavy (non-hydrogen) atoms. The molecule has 1 aromatic heterocycles. The molecule has 2 rings (SSSR count). The van der Waals surface area contributed by atoms with Crippen molar-refractivity contribution in [2.75, 3.05) is 7.05 Å². The average Bonchev–Trinajstić information content (AvgIpc) is 2.84. The SMILES string of the molecule is CCn1ncnc1CC(NC)c1ccc(F)cc1I. The molecule has 1 heterocycles. The fraction of sp³-hybridized carbons (Fsp3) is 0.385. The van der Waals surface area contributed by atoms with Crippen molar-refractivity contribution in [3.05, 3.63) is 45.3 Å². The Bertz CT molecular complexity index is 555. The lowest BCUT2D eigenvalue weighted by molar-refractivity contribution is 0.530. The topological polar surface area (TPSA) is 42.7 Å². The van der Waals surface area contributed by atoms with E-state index in [9.17, 15) is 4.39 Å². The van der Waals surface area contributed by atoms with Crippen molar-refractivity contribution in [2.24, 2.45) is 0 Å². The predicted octanol–water partition coefficient (Wildman–Crippen LogP) is 2.54. The number of likely N-dealkylation sites (N-methyl/N-ethyl adjacent to an activating group) is 1. The van der Waals surface area contributed by atoms with Crippen molar-refractivity contribution in [1.29, 1.82) is 0 Å². The zero-order valence-corrected chi connectivity index (χ0v) is 13.1. The monoisotopic (exact) mass is 374 g/mol. The van der Waals surface area contributed by atoms with Crippen LogP contribution in [0.4, 0.5) is 4.39 Å². The van der Waals surface area contributed by atoms with E-state index in [1.54, 1.807) is 12.4 Å². The standard InChI is InChI=1S/C13H16FIN4/c1-3-19-13(17-8-18-19)7-12(16-2)10-5-4-9(14)6-11(10)15/h4-6,8,12,16H,3,7H2,1-2H3. The number of nitrogens with zero attached hydrogens (tertiary/aromatic N) is 3. The maximum atomic E-state index is 13.2. The lowest BCUT2D eigenvalue weighted by Gasteiger charge is -2.18. The van der Waals surface area contributed by atoms with Crippen molar-refractivity contribution >= 4 is 22.6 Å². The lowest BCUT2D eigenvalue weighted by Crippen LogP contribution is -2.22. The highest BCUT2D eigenvalue weighted by Gasteiger charge is 2.16. The van der Waals surface area contributed by atoms with Crippen LogP contribution in [-0.4, -0.2) is 21.8 Å². The third-order valence-electron chi connectivity index (χ3n) is 3.07. The number of aromatic nitrogens is 3. The van der Waals surface area contributed by atoms with E-state index in [4.69, 9.17) is 0 Å². The number of hydrogen-bond acceptors (Lipinski definition) is 3. The fourth-order valence-corrected chi connectivity index (χ4v) is 2.90. The Morgan fingerprint density at radius 1 is 1.47 bits per heavy atom. The summed E-state index contributed by atoms with van der Waals surface area (Å²) in [6.07, 6.45) is 2.30. The summed E-state index contributed by atoms with van der Waals surface area (Å²) in [7, 11) is 1.90.